The van der Waals surface area contributed by atoms with E-state index in [9.17, 15) is 9.59 Å². The van der Waals surface area contributed by atoms with Crippen molar-refractivity contribution in [3.05, 3.63) is 78.3 Å². The molecule has 2 aromatic carbocycles. The van der Waals surface area contributed by atoms with Gasteiger partial charge in [-0.3, -0.25) is 4.79 Å². The standard InChI is InChI=1S/C21H19NO6/c1-25-17-8-10-18(11-9-17)26-13-14-28-21(24)15-4-6-16(7-5-15)22-20(23)19-3-2-12-27-19/h2-12H,13-14H2,1H3,(H,22,23). The average Bonchev–Trinajstić information content (AvgIpc) is 3.27. The number of esters is 1. The first kappa shape index (κ1) is 19.0. The van der Waals surface area contributed by atoms with Crippen LogP contribution in [-0.4, -0.2) is 32.2 Å². The molecule has 0 aliphatic rings. The molecule has 0 radical (unpaired) electrons. The molecule has 0 saturated heterocycles. The smallest absolute Gasteiger partial charge is 0.338 e. The van der Waals surface area contributed by atoms with Crippen molar-refractivity contribution in [3.8, 4) is 11.5 Å². The van der Waals surface area contributed by atoms with E-state index in [1.54, 1.807) is 67.8 Å². The monoisotopic (exact) mass is 381 g/mol. The van der Waals surface area contributed by atoms with Crippen LogP contribution >= 0.6 is 0 Å². The lowest BCUT2D eigenvalue weighted by molar-refractivity contribution is 0.0450. The second-order valence-corrected chi connectivity index (χ2v) is 5.67. The summed E-state index contributed by atoms with van der Waals surface area (Å²) in [6.07, 6.45) is 1.42. The topological polar surface area (TPSA) is 87.0 Å². The fourth-order valence-corrected chi connectivity index (χ4v) is 2.34. The van der Waals surface area contributed by atoms with Crippen LogP contribution < -0.4 is 14.8 Å². The first-order chi connectivity index (χ1) is 13.7. The average molecular weight is 381 g/mol. The van der Waals surface area contributed by atoms with Crippen LogP contribution in [0.5, 0.6) is 11.5 Å². The van der Waals surface area contributed by atoms with Crippen molar-refractivity contribution in [2.24, 2.45) is 0 Å². The zero-order valence-corrected chi connectivity index (χ0v) is 15.2. The first-order valence-corrected chi connectivity index (χ1v) is 8.54. The summed E-state index contributed by atoms with van der Waals surface area (Å²) in [5, 5.41) is 2.68. The summed E-state index contributed by atoms with van der Waals surface area (Å²) < 4.78 is 20.8. The van der Waals surface area contributed by atoms with Gasteiger partial charge in [0.15, 0.2) is 5.76 Å². The molecule has 0 atom stereocenters. The van der Waals surface area contributed by atoms with Gasteiger partial charge in [0.1, 0.15) is 24.7 Å². The molecule has 0 fully saturated rings. The van der Waals surface area contributed by atoms with Gasteiger partial charge in [-0.1, -0.05) is 0 Å². The third kappa shape index (κ3) is 5.14. The number of hydrogen-bond donors (Lipinski definition) is 1. The van der Waals surface area contributed by atoms with Crippen LogP contribution in [0.25, 0.3) is 0 Å². The maximum atomic E-state index is 12.1. The third-order valence-corrected chi connectivity index (χ3v) is 3.77. The van der Waals surface area contributed by atoms with Crippen molar-refractivity contribution in [2.45, 2.75) is 0 Å². The molecule has 1 heterocycles. The van der Waals surface area contributed by atoms with E-state index < -0.39 is 5.97 Å². The Bertz CT molecular complexity index is 901. The summed E-state index contributed by atoms with van der Waals surface area (Å²) in [6.45, 7) is 0.344. The van der Waals surface area contributed by atoms with Gasteiger partial charge in [0.05, 0.1) is 18.9 Å². The number of carbonyl (C=O) groups is 2. The Hall–Kier alpha value is -3.74. The fraction of sp³-hybridized carbons (Fsp3) is 0.143. The van der Waals surface area contributed by atoms with E-state index in [-0.39, 0.29) is 24.9 Å². The van der Waals surface area contributed by atoms with Gasteiger partial charge < -0.3 is 23.9 Å². The number of carbonyl (C=O) groups excluding carboxylic acids is 2. The molecule has 0 bridgehead atoms. The molecule has 1 aromatic heterocycles. The lowest BCUT2D eigenvalue weighted by Gasteiger charge is -2.08. The Kier molecular flexibility index (Phi) is 6.30. The number of hydrogen-bond acceptors (Lipinski definition) is 6. The lowest BCUT2D eigenvalue weighted by atomic mass is 10.2. The van der Waals surface area contributed by atoms with E-state index in [1.165, 1.54) is 6.26 Å². The molecule has 0 spiro atoms. The molecule has 1 amide bonds. The van der Waals surface area contributed by atoms with Crippen LogP contribution in [0.1, 0.15) is 20.9 Å². The molecule has 0 aliphatic heterocycles. The zero-order chi connectivity index (χ0) is 19.8. The van der Waals surface area contributed by atoms with Crippen molar-refractivity contribution in [2.75, 3.05) is 25.6 Å². The molecule has 144 valence electrons. The molecule has 0 unspecified atom stereocenters. The highest BCUT2D eigenvalue weighted by Crippen LogP contribution is 2.17. The highest BCUT2D eigenvalue weighted by Gasteiger charge is 2.10. The van der Waals surface area contributed by atoms with Crippen molar-refractivity contribution < 1.29 is 28.2 Å². The van der Waals surface area contributed by atoms with Crippen LogP contribution in [0.2, 0.25) is 0 Å². The van der Waals surface area contributed by atoms with Gasteiger partial charge >= 0.3 is 5.97 Å². The summed E-state index contributed by atoms with van der Waals surface area (Å²) in [6, 6.07) is 16.7. The minimum Gasteiger partial charge on any atom is -0.497 e. The Morgan fingerprint density at radius 2 is 1.64 bits per heavy atom. The Labute approximate surface area is 161 Å². The molecule has 7 nitrogen and oxygen atoms in total. The third-order valence-electron chi connectivity index (χ3n) is 3.77. The van der Waals surface area contributed by atoms with Crippen molar-refractivity contribution in [3.63, 3.8) is 0 Å². The van der Waals surface area contributed by atoms with Crippen LogP contribution in [0.3, 0.4) is 0 Å². The van der Waals surface area contributed by atoms with E-state index in [2.05, 4.69) is 5.32 Å². The van der Waals surface area contributed by atoms with Gasteiger partial charge in [-0.25, -0.2) is 4.79 Å². The van der Waals surface area contributed by atoms with Crippen molar-refractivity contribution >= 4 is 17.6 Å². The summed E-state index contributed by atoms with van der Waals surface area (Å²) in [4.78, 5) is 24.0. The van der Waals surface area contributed by atoms with Crippen LogP contribution in [0, 0.1) is 0 Å². The highest BCUT2D eigenvalue weighted by atomic mass is 16.6. The van der Waals surface area contributed by atoms with Gasteiger partial charge in [-0.2, -0.15) is 0 Å². The normalized spacial score (nSPS) is 10.2. The molecular formula is C21H19NO6. The summed E-state index contributed by atoms with van der Waals surface area (Å²) in [7, 11) is 1.59. The quantitative estimate of drug-likeness (QED) is 0.472. The number of anilines is 1. The predicted molar refractivity (Wildman–Crippen MR) is 102 cm³/mol. The van der Waals surface area contributed by atoms with Gasteiger partial charge in [-0.15, -0.1) is 0 Å². The predicted octanol–water partition coefficient (Wildman–Crippen LogP) is 3.78. The molecule has 3 aromatic rings. The summed E-state index contributed by atoms with van der Waals surface area (Å²) in [5.41, 5.74) is 0.918. The highest BCUT2D eigenvalue weighted by molar-refractivity contribution is 6.02. The largest absolute Gasteiger partial charge is 0.497 e. The van der Waals surface area contributed by atoms with Gasteiger partial charge in [0.25, 0.3) is 5.91 Å². The Morgan fingerprint density at radius 3 is 2.29 bits per heavy atom. The minimum absolute atomic E-state index is 0.113. The minimum atomic E-state index is -0.470. The molecule has 3 rings (SSSR count). The van der Waals surface area contributed by atoms with E-state index in [1.807, 2.05) is 0 Å². The van der Waals surface area contributed by atoms with Crippen LogP contribution in [0.15, 0.2) is 71.3 Å². The number of nitrogens with one attached hydrogen (secondary N) is 1. The number of methoxy groups -OCH3 is 1. The van der Waals surface area contributed by atoms with E-state index in [0.717, 1.165) is 5.75 Å². The Balaban J connectivity index is 1.43. The molecule has 1 N–H and O–H groups in total. The van der Waals surface area contributed by atoms with Gasteiger partial charge in [0, 0.05) is 5.69 Å². The molecule has 28 heavy (non-hydrogen) atoms. The molecule has 0 aliphatic carbocycles. The summed E-state index contributed by atoms with van der Waals surface area (Å²) in [5.74, 6) is 0.773. The number of benzene rings is 2. The van der Waals surface area contributed by atoms with E-state index >= 15 is 0 Å². The molecular weight excluding hydrogens is 362 g/mol. The van der Waals surface area contributed by atoms with E-state index in [4.69, 9.17) is 18.6 Å². The number of rotatable bonds is 8. The van der Waals surface area contributed by atoms with Crippen LogP contribution in [0.4, 0.5) is 5.69 Å². The number of ether oxygens (including phenoxy) is 3. The first-order valence-electron chi connectivity index (χ1n) is 8.54. The van der Waals surface area contributed by atoms with Crippen LogP contribution in [-0.2, 0) is 4.74 Å². The second-order valence-electron chi connectivity index (χ2n) is 5.67. The van der Waals surface area contributed by atoms with E-state index in [0.29, 0.717) is 17.0 Å². The van der Waals surface area contributed by atoms with Crippen molar-refractivity contribution in [1.29, 1.82) is 0 Å². The maximum Gasteiger partial charge on any atom is 0.338 e. The van der Waals surface area contributed by atoms with Gasteiger partial charge in [0.2, 0.25) is 0 Å². The summed E-state index contributed by atoms with van der Waals surface area (Å²) >= 11 is 0. The number of amides is 1. The van der Waals surface area contributed by atoms with Gasteiger partial charge in [-0.05, 0) is 60.7 Å². The maximum absolute atomic E-state index is 12.1. The molecule has 0 saturated carbocycles. The fourth-order valence-electron chi connectivity index (χ4n) is 2.34. The lowest BCUT2D eigenvalue weighted by Crippen LogP contribution is -2.13. The SMILES string of the molecule is COc1ccc(OCCOC(=O)c2ccc(NC(=O)c3ccco3)cc2)cc1. The zero-order valence-electron chi connectivity index (χ0n) is 15.2. The molecule has 7 heteroatoms. The second kappa shape index (κ2) is 9.27. The van der Waals surface area contributed by atoms with Crippen molar-refractivity contribution in [1.82, 2.24) is 0 Å². The number of furan rings is 1. The Morgan fingerprint density at radius 1 is 0.929 bits per heavy atom.